The summed E-state index contributed by atoms with van der Waals surface area (Å²) in [6, 6.07) is 8.59. The Morgan fingerprint density at radius 2 is 1.63 bits per heavy atom. The normalized spacial score (nSPS) is 16.0. The van der Waals surface area contributed by atoms with Gasteiger partial charge in [0.05, 0.1) is 6.04 Å². The summed E-state index contributed by atoms with van der Waals surface area (Å²) in [6.45, 7) is 6.86. The SMILES string of the molecule is CC(C)c1ccc(C(C)NC(=O)CCCNC(=O)NC2CCCCC2)cc1. The predicted molar refractivity (Wildman–Crippen MR) is 110 cm³/mol. The number of hydrogen-bond acceptors (Lipinski definition) is 2. The van der Waals surface area contributed by atoms with Gasteiger partial charge in [0.25, 0.3) is 0 Å². The van der Waals surface area contributed by atoms with Crippen LogP contribution in [0.3, 0.4) is 0 Å². The third-order valence-corrected chi connectivity index (χ3v) is 5.29. The Morgan fingerprint density at radius 3 is 2.26 bits per heavy atom. The minimum atomic E-state index is -0.110. The number of benzene rings is 1. The van der Waals surface area contributed by atoms with Gasteiger partial charge in [0.15, 0.2) is 0 Å². The topological polar surface area (TPSA) is 70.2 Å². The molecular formula is C22H35N3O2. The van der Waals surface area contributed by atoms with Crippen molar-refractivity contribution in [2.24, 2.45) is 0 Å². The van der Waals surface area contributed by atoms with Gasteiger partial charge in [-0.2, -0.15) is 0 Å². The predicted octanol–water partition coefficient (Wildman–Crippen LogP) is 4.40. The maximum atomic E-state index is 12.1. The second-order valence-corrected chi connectivity index (χ2v) is 7.95. The molecule has 3 N–H and O–H groups in total. The molecule has 1 fully saturated rings. The van der Waals surface area contributed by atoms with Gasteiger partial charge in [-0.15, -0.1) is 0 Å². The van der Waals surface area contributed by atoms with Crippen LogP contribution in [0.2, 0.25) is 0 Å². The van der Waals surface area contributed by atoms with E-state index in [9.17, 15) is 9.59 Å². The molecular weight excluding hydrogens is 338 g/mol. The summed E-state index contributed by atoms with van der Waals surface area (Å²) in [7, 11) is 0. The van der Waals surface area contributed by atoms with Crippen molar-refractivity contribution in [2.75, 3.05) is 6.54 Å². The highest BCUT2D eigenvalue weighted by molar-refractivity contribution is 5.77. The lowest BCUT2D eigenvalue weighted by Gasteiger charge is -2.22. The number of carbonyl (C=O) groups is 2. The van der Waals surface area contributed by atoms with Crippen LogP contribution < -0.4 is 16.0 Å². The number of urea groups is 1. The summed E-state index contributed by atoms with van der Waals surface area (Å²) < 4.78 is 0. The molecule has 3 amide bonds. The first-order valence-corrected chi connectivity index (χ1v) is 10.4. The molecule has 0 heterocycles. The molecule has 5 heteroatoms. The van der Waals surface area contributed by atoms with E-state index >= 15 is 0 Å². The minimum Gasteiger partial charge on any atom is -0.350 e. The lowest BCUT2D eigenvalue weighted by atomic mass is 9.96. The van der Waals surface area contributed by atoms with Crippen LogP contribution >= 0.6 is 0 Å². The van der Waals surface area contributed by atoms with Gasteiger partial charge in [-0.25, -0.2) is 4.79 Å². The molecule has 1 aromatic rings. The molecule has 1 aliphatic rings. The first-order valence-electron chi connectivity index (χ1n) is 10.4. The van der Waals surface area contributed by atoms with Crippen molar-refractivity contribution in [1.82, 2.24) is 16.0 Å². The molecule has 0 saturated heterocycles. The molecule has 1 saturated carbocycles. The highest BCUT2D eigenvalue weighted by Crippen LogP contribution is 2.19. The molecule has 0 radical (unpaired) electrons. The molecule has 150 valence electrons. The third kappa shape index (κ3) is 7.61. The lowest BCUT2D eigenvalue weighted by Crippen LogP contribution is -2.43. The van der Waals surface area contributed by atoms with Crippen molar-refractivity contribution in [3.8, 4) is 0 Å². The average molecular weight is 374 g/mol. The minimum absolute atomic E-state index is 0.0127. The average Bonchev–Trinajstić information content (AvgIpc) is 2.66. The molecule has 5 nitrogen and oxygen atoms in total. The Kier molecular flexibility index (Phi) is 8.62. The molecule has 1 aromatic carbocycles. The number of amides is 3. The Morgan fingerprint density at radius 1 is 1.00 bits per heavy atom. The van der Waals surface area contributed by atoms with E-state index in [4.69, 9.17) is 0 Å². The van der Waals surface area contributed by atoms with Gasteiger partial charge in [0.1, 0.15) is 0 Å². The zero-order chi connectivity index (χ0) is 19.6. The van der Waals surface area contributed by atoms with E-state index in [-0.39, 0.29) is 18.0 Å². The summed E-state index contributed by atoms with van der Waals surface area (Å²) in [5.41, 5.74) is 2.41. The summed E-state index contributed by atoms with van der Waals surface area (Å²) >= 11 is 0. The van der Waals surface area contributed by atoms with Gasteiger partial charge < -0.3 is 16.0 Å². The molecule has 0 aliphatic heterocycles. The molecule has 27 heavy (non-hydrogen) atoms. The quantitative estimate of drug-likeness (QED) is 0.591. The van der Waals surface area contributed by atoms with Crippen LogP contribution in [0.15, 0.2) is 24.3 Å². The standard InChI is InChI=1S/C22H35N3O2/c1-16(2)18-11-13-19(14-12-18)17(3)24-21(26)10-7-15-23-22(27)25-20-8-5-4-6-9-20/h11-14,16-17,20H,4-10,15H2,1-3H3,(H,24,26)(H2,23,25,27). The van der Waals surface area contributed by atoms with Crippen LogP contribution in [-0.2, 0) is 4.79 Å². The van der Waals surface area contributed by atoms with E-state index in [0.29, 0.717) is 31.3 Å². The maximum absolute atomic E-state index is 12.1. The van der Waals surface area contributed by atoms with Gasteiger partial charge in [0, 0.05) is 19.0 Å². The number of nitrogens with one attached hydrogen (secondary N) is 3. The fraction of sp³-hybridized carbons (Fsp3) is 0.636. The highest BCUT2D eigenvalue weighted by Gasteiger charge is 2.15. The van der Waals surface area contributed by atoms with E-state index in [1.165, 1.54) is 24.8 Å². The summed E-state index contributed by atoms with van der Waals surface area (Å²) in [5.74, 6) is 0.525. The van der Waals surface area contributed by atoms with Crippen LogP contribution in [0.5, 0.6) is 0 Å². The summed E-state index contributed by atoms with van der Waals surface area (Å²) in [5, 5.41) is 8.91. The van der Waals surface area contributed by atoms with Gasteiger partial charge in [-0.1, -0.05) is 57.4 Å². The zero-order valence-corrected chi connectivity index (χ0v) is 17.0. The van der Waals surface area contributed by atoms with Crippen molar-refractivity contribution in [3.05, 3.63) is 35.4 Å². The van der Waals surface area contributed by atoms with Gasteiger partial charge in [-0.05, 0) is 43.2 Å². The Bertz CT molecular complexity index is 592. The maximum Gasteiger partial charge on any atom is 0.315 e. The van der Waals surface area contributed by atoms with E-state index < -0.39 is 0 Å². The molecule has 0 bridgehead atoms. The zero-order valence-electron chi connectivity index (χ0n) is 17.0. The molecule has 1 aliphatic carbocycles. The van der Waals surface area contributed by atoms with Crippen molar-refractivity contribution >= 4 is 11.9 Å². The monoisotopic (exact) mass is 373 g/mol. The van der Waals surface area contributed by atoms with E-state index in [1.54, 1.807) is 0 Å². The Labute approximate surface area is 163 Å². The number of carbonyl (C=O) groups excluding carboxylic acids is 2. The second-order valence-electron chi connectivity index (χ2n) is 7.95. The van der Waals surface area contributed by atoms with Crippen LogP contribution in [-0.4, -0.2) is 24.5 Å². The summed E-state index contributed by atoms with van der Waals surface area (Å²) in [6.07, 6.45) is 6.88. The Balaban J connectivity index is 1.61. The first-order chi connectivity index (χ1) is 13.0. The highest BCUT2D eigenvalue weighted by atomic mass is 16.2. The lowest BCUT2D eigenvalue weighted by molar-refractivity contribution is -0.121. The fourth-order valence-electron chi connectivity index (χ4n) is 3.50. The van der Waals surface area contributed by atoms with Crippen molar-refractivity contribution < 1.29 is 9.59 Å². The van der Waals surface area contributed by atoms with Crippen LogP contribution in [0.1, 0.15) is 88.8 Å². The van der Waals surface area contributed by atoms with E-state index in [0.717, 1.165) is 18.4 Å². The van der Waals surface area contributed by atoms with E-state index in [2.05, 4.69) is 54.1 Å². The van der Waals surface area contributed by atoms with E-state index in [1.807, 2.05) is 6.92 Å². The van der Waals surface area contributed by atoms with Crippen LogP contribution in [0, 0.1) is 0 Å². The molecule has 0 spiro atoms. The van der Waals surface area contributed by atoms with Crippen LogP contribution in [0.4, 0.5) is 4.79 Å². The van der Waals surface area contributed by atoms with Gasteiger partial charge in [-0.3, -0.25) is 4.79 Å². The fourth-order valence-corrected chi connectivity index (χ4v) is 3.50. The smallest absolute Gasteiger partial charge is 0.315 e. The van der Waals surface area contributed by atoms with Crippen molar-refractivity contribution in [3.63, 3.8) is 0 Å². The Hall–Kier alpha value is -2.04. The van der Waals surface area contributed by atoms with Gasteiger partial charge >= 0.3 is 6.03 Å². The van der Waals surface area contributed by atoms with Gasteiger partial charge in [0.2, 0.25) is 5.91 Å². The first kappa shape index (κ1) is 21.3. The van der Waals surface area contributed by atoms with Crippen molar-refractivity contribution in [1.29, 1.82) is 0 Å². The largest absolute Gasteiger partial charge is 0.350 e. The molecule has 2 rings (SSSR count). The number of rotatable bonds is 8. The van der Waals surface area contributed by atoms with Crippen LogP contribution in [0.25, 0.3) is 0 Å². The third-order valence-electron chi connectivity index (χ3n) is 5.29. The summed E-state index contributed by atoms with van der Waals surface area (Å²) in [4.78, 5) is 24.0. The second kappa shape index (κ2) is 11.0. The molecule has 1 atom stereocenters. The molecule has 0 aromatic heterocycles. The van der Waals surface area contributed by atoms with Crippen molar-refractivity contribution in [2.45, 2.75) is 83.7 Å². The molecule has 1 unspecified atom stereocenters. The number of hydrogen-bond donors (Lipinski definition) is 3.